The fourth-order valence-corrected chi connectivity index (χ4v) is 0.870. The molecule has 0 aromatic heterocycles. The second-order valence-corrected chi connectivity index (χ2v) is 2.02. The minimum absolute atomic E-state index is 0.861. The lowest BCUT2D eigenvalue weighted by atomic mass is 10.1. The van der Waals surface area contributed by atoms with Gasteiger partial charge in [-0.2, -0.15) is 0 Å². The molecule has 0 heteroatoms. The van der Waals surface area contributed by atoms with Gasteiger partial charge in [0.15, 0.2) is 0 Å². The van der Waals surface area contributed by atoms with E-state index in [0.717, 1.165) is 5.92 Å². The average Bonchev–Trinajstić information content (AvgIpc) is 2.14. The van der Waals surface area contributed by atoms with Crippen LogP contribution in [0.1, 0.15) is 19.8 Å². The van der Waals surface area contributed by atoms with E-state index in [4.69, 9.17) is 0 Å². The Hall–Kier alpha value is -0.260. The van der Waals surface area contributed by atoms with Crippen LogP contribution in [-0.2, 0) is 0 Å². The molecule has 0 aliphatic heterocycles. The Morgan fingerprint density at radius 1 is 1.71 bits per heavy atom. The maximum Gasteiger partial charge on any atom is -0.0165 e. The Balaban J connectivity index is 2.28. The van der Waals surface area contributed by atoms with Crippen molar-refractivity contribution < 1.29 is 0 Å². The zero-order valence-corrected chi connectivity index (χ0v) is 4.72. The van der Waals surface area contributed by atoms with E-state index in [1.807, 2.05) is 0 Å². The summed E-state index contributed by atoms with van der Waals surface area (Å²) in [5.41, 5.74) is 0. The summed E-state index contributed by atoms with van der Waals surface area (Å²) in [6.07, 6.45) is 9.24. The first-order valence-electron chi connectivity index (χ1n) is 2.93. The van der Waals surface area contributed by atoms with Crippen LogP contribution in [0.5, 0.6) is 0 Å². The van der Waals surface area contributed by atoms with Gasteiger partial charge in [0.1, 0.15) is 0 Å². The van der Waals surface area contributed by atoms with Gasteiger partial charge in [-0.3, -0.25) is 0 Å². The maximum absolute atomic E-state index is 2.28. The highest BCUT2D eigenvalue weighted by atomic mass is 14.1. The van der Waals surface area contributed by atoms with Crippen molar-refractivity contribution in [3.8, 4) is 0 Å². The van der Waals surface area contributed by atoms with Crippen molar-refractivity contribution in [1.29, 1.82) is 0 Å². The van der Waals surface area contributed by atoms with Crippen molar-refractivity contribution in [2.75, 3.05) is 0 Å². The normalized spacial score (nSPS) is 29.0. The molecule has 0 heterocycles. The molecule has 0 fully saturated rings. The molecule has 0 saturated heterocycles. The van der Waals surface area contributed by atoms with E-state index in [9.17, 15) is 0 Å². The van der Waals surface area contributed by atoms with E-state index in [1.54, 1.807) is 0 Å². The molecule has 1 aliphatic carbocycles. The fraction of sp³-hybridized carbons (Fsp3) is 0.571. The minimum atomic E-state index is 0.861. The van der Waals surface area contributed by atoms with E-state index in [0.29, 0.717) is 0 Å². The van der Waals surface area contributed by atoms with Crippen molar-refractivity contribution >= 4 is 0 Å². The number of allylic oxidation sites excluding steroid dienone is 2. The molecule has 0 bridgehead atoms. The van der Waals surface area contributed by atoms with E-state index in [1.165, 1.54) is 12.8 Å². The smallest absolute Gasteiger partial charge is 0.0165 e. The van der Waals surface area contributed by atoms with Gasteiger partial charge >= 0.3 is 0 Å². The first kappa shape index (κ1) is 4.89. The lowest BCUT2D eigenvalue weighted by Crippen LogP contribution is -1.85. The second-order valence-electron chi connectivity index (χ2n) is 2.02. The van der Waals surface area contributed by atoms with Crippen LogP contribution < -0.4 is 0 Å². The summed E-state index contributed by atoms with van der Waals surface area (Å²) in [6, 6.07) is 0. The van der Waals surface area contributed by atoms with Crippen LogP contribution >= 0.6 is 0 Å². The summed E-state index contributed by atoms with van der Waals surface area (Å²) in [4.78, 5) is 0. The molecule has 1 unspecified atom stereocenters. The Bertz CT molecular complexity index is 72.1. The quantitative estimate of drug-likeness (QED) is 0.468. The lowest BCUT2D eigenvalue weighted by molar-refractivity contribution is 0.647. The maximum atomic E-state index is 2.28. The molecule has 0 aromatic carbocycles. The molecular formula is C7H11. The Morgan fingerprint density at radius 2 is 2.57 bits per heavy atom. The van der Waals surface area contributed by atoms with E-state index in [-0.39, 0.29) is 0 Å². The average molecular weight is 95.2 g/mol. The van der Waals surface area contributed by atoms with Crippen LogP contribution in [0.25, 0.3) is 0 Å². The molecule has 1 atom stereocenters. The molecule has 0 amide bonds. The van der Waals surface area contributed by atoms with Crippen molar-refractivity contribution in [2.45, 2.75) is 19.8 Å². The third kappa shape index (κ3) is 1.05. The zero-order valence-electron chi connectivity index (χ0n) is 4.72. The monoisotopic (exact) mass is 95.1 g/mol. The first-order chi connectivity index (χ1) is 3.43. The van der Waals surface area contributed by atoms with Gasteiger partial charge in [0, 0.05) is 0 Å². The van der Waals surface area contributed by atoms with Crippen LogP contribution in [0.2, 0.25) is 0 Å². The van der Waals surface area contributed by atoms with Crippen molar-refractivity contribution in [3.05, 3.63) is 18.6 Å². The summed E-state index contributed by atoms with van der Waals surface area (Å²) >= 11 is 0. The Kier molecular flexibility index (Phi) is 1.50. The highest BCUT2D eigenvalue weighted by molar-refractivity contribution is 5.06. The van der Waals surface area contributed by atoms with Crippen LogP contribution in [0.3, 0.4) is 0 Å². The summed E-state index contributed by atoms with van der Waals surface area (Å²) < 4.78 is 0. The molecule has 0 N–H and O–H groups in total. The minimum Gasteiger partial charge on any atom is -0.0851 e. The number of rotatable bonds is 1. The van der Waals surface area contributed by atoms with Crippen LogP contribution in [0.15, 0.2) is 12.2 Å². The summed E-state index contributed by atoms with van der Waals surface area (Å²) in [7, 11) is 0. The van der Waals surface area contributed by atoms with Gasteiger partial charge < -0.3 is 0 Å². The predicted octanol–water partition coefficient (Wildman–Crippen LogP) is 2.18. The Labute approximate surface area is 45.2 Å². The van der Waals surface area contributed by atoms with Crippen molar-refractivity contribution in [3.63, 3.8) is 0 Å². The standard InChI is InChI=1S/C7H11/c1-2-7-5-3-4-6-7/h3-5,7H,2,6H2,1H3. The van der Waals surface area contributed by atoms with Crippen LogP contribution in [0, 0.1) is 12.3 Å². The van der Waals surface area contributed by atoms with Gasteiger partial charge in [0.2, 0.25) is 0 Å². The van der Waals surface area contributed by atoms with Crippen molar-refractivity contribution in [1.82, 2.24) is 0 Å². The molecule has 7 heavy (non-hydrogen) atoms. The predicted molar refractivity (Wildman–Crippen MR) is 31.8 cm³/mol. The molecule has 1 aliphatic rings. The van der Waals surface area contributed by atoms with E-state index >= 15 is 0 Å². The highest BCUT2D eigenvalue weighted by Gasteiger charge is 2.04. The second kappa shape index (κ2) is 2.15. The lowest BCUT2D eigenvalue weighted by Gasteiger charge is -1.97. The molecule has 0 aromatic rings. The highest BCUT2D eigenvalue weighted by Crippen LogP contribution is 2.18. The van der Waals surface area contributed by atoms with E-state index < -0.39 is 0 Å². The third-order valence-corrected chi connectivity index (χ3v) is 1.48. The van der Waals surface area contributed by atoms with Crippen LogP contribution in [0.4, 0.5) is 0 Å². The SMILES string of the molecule is CCC1C=C[CH]C1. The fourth-order valence-electron chi connectivity index (χ4n) is 0.870. The molecular weight excluding hydrogens is 84.1 g/mol. The van der Waals surface area contributed by atoms with Gasteiger partial charge in [-0.15, -0.1) is 0 Å². The van der Waals surface area contributed by atoms with Crippen LogP contribution in [-0.4, -0.2) is 0 Å². The summed E-state index contributed by atoms with van der Waals surface area (Å²) in [5, 5.41) is 0. The molecule has 0 saturated carbocycles. The zero-order chi connectivity index (χ0) is 5.11. The summed E-state index contributed by atoms with van der Waals surface area (Å²) in [6.45, 7) is 2.23. The van der Waals surface area contributed by atoms with E-state index in [2.05, 4.69) is 25.5 Å². The largest absolute Gasteiger partial charge is 0.0851 e. The Morgan fingerprint density at radius 3 is 2.86 bits per heavy atom. The van der Waals surface area contributed by atoms with Gasteiger partial charge in [-0.05, 0) is 25.2 Å². The molecule has 0 nitrogen and oxygen atoms in total. The van der Waals surface area contributed by atoms with Gasteiger partial charge in [0.25, 0.3) is 0 Å². The third-order valence-electron chi connectivity index (χ3n) is 1.48. The molecule has 1 rings (SSSR count). The van der Waals surface area contributed by atoms with Gasteiger partial charge in [-0.25, -0.2) is 0 Å². The summed E-state index contributed by atoms with van der Waals surface area (Å²) in [5.74, 6) is 0.861. The molecule has 39 valence electrons. The first-order valence-corrected chi connectivity index (χ1v) is 2.93. The van der Waals surface area contributed by atoms with Gasteiger partial charge in [0.05, 0.1) is 0 Å². The molecule has 1 radical (unpaired) electrons. The topological polar surface area (TPSA) is 0 Å². The van der Waals surface area contributed by atoms with Gasteiger partial charge in [-0.1, -0.05) is 19.1 Å². The molecule has 0 spiro atoms. The number of hydrogen-bond acceptors (Lipinski definition) is 0. The van der Waals surface area contributed by atoms with Crippen molar-refractivity contribution in [2.24, 2.45) is 5.92 Å². The number of hydrogen-bond donors (Lipinski definition) is 0.